The summed E-state index contributed by atoms with van der Waals surface area (Å²) in [5, 5.41) is 6.39. The predicted molar refractivity (Wildman–Crippen MR) is 87.6 cm³/mol. The Kier molecular flexibility index (Phi) is 4.09. The van der Waals surface area contributed by atoms with Crippen molar-refractivity contribution in [3.63, 3.8) is 0 Å². The first-order valence-corrected chi connectivity index (χ1v) is 7.52. The Morgan fingerprint density at radius 1 is 1.32 bits per heavy atom. The molecule has 2 aromatic heterocycles. The van der Waals surface area contributed by atoms with Gasteiger partial charge in [-0.1, -0.05) is 17.7 Å². The van der Waals surface area contributed by atoms with Crippen LogP contribution in [-0.4, -0.2) is 31.7 Å². The van der Waals surface area contributed by atoms with Crippen LogP contribution in [0.4, 0.5) is 0 Å². The van der Waals surface area contributed by atoms with Gasteiger partial charge in [-0.3, -0.25) is 9.58 Å². The number of halogens is 1. The van der Waals surface area contributed by atoms with Crippen LogP contribution >= 0.6 is 11.6 Å². The van der Waals surface area contributed by atoms with E-state index >= 15 is 0 Å². The number of fused-ring (bicyclic) bond motifs is 1. The Bertz CT molecular complexity index is 784. The maximum atomic E-state index is 6.36. The van der Waals surface area contributed by atoms with Crippen LogP contribution in [0.3, 0.4) is 0 Å². The van der Waals surface area contributed by atoms with Crippen molar-refractivity contribution in [1.82, 2.24) is 24.6 Å². The minimum absolute atomic E-state index is 0.169. The topological polar surface area (TPSA) is 46.8 Å². The summed E-state index contributed by atoms with van der Waals surface area (Å²) in [7, 11) is 4.00. The summed E-state index contributed by atoms with van der Waals surface area (Å²) in [6.07, 6.45) is 3.34. The zero-order valence-corrected chi connectivity index (χ0v) is 13.6. The molecule has 6 heteroatoms. The fraction of sp³-hybridized carbons (Fsp3) is 0.312. The Morgan fingerprint density at radius 2 is 2.14 bits per heavy atom. The van der Waals surface area contributed by atoms with E-state index in [0.29, 0.717) is 6.54 Å². The van der Waals surface area contributed by atoms with E-state index in [1.54, 1.807) is 12.5 Å². The zero-order valence-electron chi connectivity index (χ0n) is 12.9. The minimum atomic E-state index is 0.169. The third-order valence-electron chi connectivity index (χ3n) is 3.99. The van der Waals surface area contributed by atoms with Crippen molar-refractivity contribution in [3.05, 3.63) is 53.2 Å². The normalized spacial score (nSPS) is 13.0. The average molecular weight is 316 g/mol. The van der Waals surface area contributed by atoms with E-state index < -0.39 is 0 Å². The van der Waals surface area contributed by atoms with Gasteiger partial charge in [0, 0.05) is 31.2 Å². The molecule has 0 aliphatic heterocycles. The SMILES string of the molecule is C[C@H](c1ccncn1)N(C)Cc1nn(C)c2cccc(Cl)c12. The molecule has 0 bridgehead atoms. The number of hydrogen-bond donors (Lipinski definition) is 0. The number of aryl methyl sites for hydroxylation is 1. The second-order valence-electron chi connectivity index (χ2n) is 5.43. The Hall–Kier alpha value is -1.98. The summed E-state index contributed by atoms with van der Waals surface area (Å²) in [6, 6.07) is 7.99. The fourth-order valence-corrected chi connectivity index (χ4v) is 2.89. The standard InChI is InChI=1S/C16H18ClN5/c1-11(13-7-8-18-10-19-13)21(2)9-14-16-12(17)5-4-6-15(16)22(3)20-14/h4-8,10-11H,9H2,1-3H3/t11-/m1/s1. The summed E-state index contributed by atoms with van der Waals surface area (Å²) in [4.78, 5) is 10.5. The molecule has 1 atom stereocenters. The van der Waals surface area contributed by atoms with Gasteiger partial charge in [0.25, 0.3) is 0 Å². The van der Waals surface area contributed by atoms with Gasteiger partial charge in [0.1, 0.15) is 6.33 Å². The Morgan fingerprint density at radius 3 is 2.86 bits per heavy atom. The number of rotatable bonds is 4. The predicted octanol–water partition coefficient (Wildman–Crippen LogP) is 3.21. The molecular formula is C16H18ClN5. The molecule has 1 aromatic carbocycles. The van der Waals surface area contributed by atoms with Crippen molar-refractivity contribution in [1.29, 1.82) is 0 Å². The number of hydrogen-bond acceptors (Lipinski definition) is 4. The lowest BCUT2D eigenvalue weighted by atomic mass is 10.1. The number of aromatic nitrogens is 4. The summed E-state index contributed by atoms with van der Waals surface area (Å²) in [6.45, 7) is 2.82. The zero-order chi connectivity index (χ0) is 15.7. The summed E-state index contributed by atoms with van der Waals surface area (Å²) in [5.41, 5.74) is 3.01. The van der Waals surface area contributed by atoms with Crippen LogP contribution in [0.5, 0.6) is 0 Å². The van der Waals surface area contributed by atoms with E-state index in [9.17, 15) is 0 Å². The second kappa shape index (κ2) is 6.02. The lowest BCUT2D eigenvalue weighted by Gasteiger charge is -2.23. The van der Waals surface area contributed by atoms with Crippen molar-refractivity contribution < 1.29 is 0 Å². The van der Waals surface area contributed by atoms with E-state index in [-0.39, 0.29) is 6.04 Å². The first-order chi connectivity index (χ1) is 10.6. The monoisotopic (exact) mass is 315 g/mol. The molecule has 0 unspecified atom stereocenters. The molecule has 0 fully saturated rings. The van der Waals surface area contributed by atoms with Gasteiger partial charge in [0.05, 0.1) is 21.9 Å². The van der Waals surface area contributed by atoms with Gasteiger partial charge in [0.2, 0.25) is 0 Å². The maximum Gasteiger partial charge on any atom is 0.115 e. The smallest absolute Gasteiger partial charge is 0.115 e. The van der Waals surface area contributed by atoms with Gasteiger partial charge < -0.3 is 0 Å². The Balaban J connectivity index is 1.90. The van der Waals surface area contributed by atoms with Crippen molar-refractivity contribution in [2.45, 2.75) is 19.5 Å². The summed E-state index contributed by atoms with van der Waals surface area (Å²) >= 11 is 6.36. The van der Waals surface area contributed by atoms with Crippen LogP contribution < -0.4 is 0 Å². The van der Waals surface area contributed by atoms with E-state index in [1.807, 2.05) is 36.0 Å². The highest BCUT2D eigenvalue weighted by Gasteiger charge is 2.18. The molecule has 2 heterocycles. The van der Waals surface area contributed by atoms with E-state index in [4.69, 9.17) is 11.6 Å². The quantitative estimate of drug-likeness (QED) is 0.741. The molecule has 114 valence electrons. The van der Waals surface area contributed by atoms with Crippen molar-refractivity contribution >= 4 is 22.5 Å². The number of benzene rings is 1. The first kappa shape index (κ1) is 14.9. The molecule has 0 spiro atoms. The summed E-state index contributed by atoms with van der Waals surface area (Å²) < 4.78 is 1.87. The largest absolute Gasteiger partial charge is 0.292 e. The maximum absolute atomic E-state index is 6.36. The van der Waals surface area contributed by atoms with Crippen LogP contribution in [0, 0.1) is 0 Å². The molecule has 0 saturated heterocycles. The lowest BCUT2D eigenvalue weighted by Crippen LogP contribution is -2.23. The molecule has 22 heavy (non-hydrogen) atoms. The lowest BCUT2D eigenvalue weighted by molar-refractivity contribution is 0.246. The van der Waals surface area contributed by atoms with Crippen LogP contribution in [0.1, 0.15) is 24.4 Å². The molecule has 0 N–H and O–H groups in total. The highest BCUT2D eigenvalue weighted by Crippen LogP contribution is 2.28. The molecule has 0 radical (unpaired) electrons. The van der Waals surface area contributed by atoms with Crippen LogP contribution in [0.2, 0.25) is 5.02 Å². The van der Waals surface area contributed by atoms with Crippen LogP contribution in [0.15, 0.2) is 36.8 Å². The van der Waals surface area contributed by atoms with Crippen molar-refractivity contribution in [2.75, 3.05) is 7.05 Å². The molecule has 3 rings (SSSR count). The van der Waals surface area contributed by atoms with Gasteiger partial charge in [0.15, 0.2) is 0 Å². The average Bonchev–Trinajstić information content (AvgIpc) is 2.85. The van der Waals surface area contributed by atoms with Crippen molar-refractivity contribution in [3.8, 4) is 0 Å². The van der Waals surface area contributed by atoms with Gasteiger partial charge in [-0.25, -0.2) is 9.97 Å². The van der Waals surface area contributed by atoms with E-state index in [1.165, 1.54) is 0 Å². The van der Waals surface area contributed by atoms with E-state index in [0.717, 1.165) is 27.3 Å². The fourth-order valence-electron chi connectivity index (χ4n) is 2.61. The first-order valence-electron chi connectivity index (χ1n) is 7.14. The molecule has 0 amide bonds. The van der Waals surface area contributed by atoms with E-state index in [2.05, 4.69) is 33.9 Å². The Labute approximate surface area is 134 Å². The third-order valence-corrected chi connectivity index (χ3v) is 4.31. The van der Waals surface area contributed by atoms with Crippen molar-refractivity contribution in [2.24, 2.45) is 7.05 Å². The highest BCUT2D eigenvalue weighted by molar-refractivity contribution is 6.35. The molecule has 0 aliphatic rings. The molecule has 3 aromatic rings. The molecule has 0 aliphatic carbocycles. The molecule has 0 saturated carbocycles. The third kappa shape index (κ3) is 2.69. The number of nitrogens with zero attached hydrogens (tertiary/aromatic N) is 5. The van der Waals surface area contributed by atoms with Gasteiger partial charge in [-0.05, 0) is 32.2 Å². The van der Waals surface area contributed by atoms with Gasteiger partial charge in [-0.15, -0.1) is 0 Å². The van der Waals surface area contributed by atoms with Gasteiger partial charge >= 0.3 is 0 Å². The minimum Gasteiger partial charge on any atom is -0.292 e. The highest BCUT2D eigenvalue weighted by atomic mass is 35.5. The van der Waals surface area contributed by atoms with Crippen LogP contribution in [-0.2, 0) is 13.6 Å². The second-order valence-corrected chi connectivity index (χ2v) is 5.84. The molecular weight excluding hydrogens is 298 g/mol. The molecule has 5 nitrogen and oxygen atoms in total. The summed E-state index contributed by atoms with van der Waals surface area (Å²) in [5.74, 6) is 0. The van der Waals surface area contributed by atoms with Gasteiger partial charge in [-0.2, -0.15) is 5.10 Å². The van der Waals surface area contributed by atoms with Crippen LogP contribution in [0.25, 0.3) is 10.9 Å².